The predicted octanol–water partition coefficient (Wildman–Crippen LogP) is 4.58. The maximum Gasteiger partial charge on any atom is 0.0462 e. The third-order valence-electron chi connectivity index (χ3n) is 3.69. The first-order chi connectivity index (χ1) is 9.85. The lowest BCUT2D eigenvalue weighted by Crippen LogP contribution is -1.92. The molecule has 0 unspecified atom stereocenters. The van der Waals surface area contributed by atoms with Crippen LogP contribution in [0.15, 0.2) is 54.9 Å². The molecule has 2 heterocycles. The van der Waals surface area contributed by atoms with Gasteiger partial charge < -0.3 is 4.98 Å². The number of benzene rings is 1. The van der Waals surface area contributed by atoms with Crippen molar-refractivity contribution in [2.24, 2.45) is 0 Å². The quantitative estimate of drug-likeness (QED) is 0.735. The van der Waals surface area contributed by atoms with E-state index < -0.39 is 0 Å². The summed E-state index contributed by atoms with van der Waals surface area (Å²) in [5.41, 5.74) is 6.28. The number of hydrogen-bond donors (Lipinski definition) is 1. The molecule has 0 amide bonds. The van der Waals surface area contributed by atoms with E-state index in [1.165, 1.54) is 33.3 Å². The second-order valence-electron chi connectivity index (χ2n) is 4.82. The zero-order valence-electron chi connectivity index (χ0n) is 11.9. The molecule has 20 heavy (non-hydrogen) atoms. The fraction of sp³-hybridized carbons (Fsp3) is 0.167. The molecule has 1 N–H and O–H groups in total. The molecular formula is C18H18N2. The molecule has 2 aromatic heterocycles. The van der Waals surface area contributed by atoms with Gasteiger partial charge in [-0.25, -0.2) is 0 Å². The van der Waals surface area contributed by atoms with Gasteiger partial charge in [-0.2, -0.15) is 0 Å². The van der Waals surface area contributed by atoms with Crippen LogP contribution in [0, 0.1) is 0 Å². The maximum atomic E-state index is 4.11. The SMILES string of the molecule is C/C=C(/c1ccncc1)c1c(CC)[nH]c2ccccc12. The van der Waals surface area contributed by atoms with Gasteiger partial charge >= 0.3 is 0 Å². The molecule has 0 saturated heterocycles. The molecule has 0 bridgehead atoms. The average Bonchev–Trinajstić information content (AvgIpc) is 2.88. The Bertz CT molecular complexity index is 751. The van der Waals surface area contributed by atoms with Crippen LogP contribution in [0.4, 0.5) is 0 Å². The number of hydrogen-bond acceptors (Lipinski definition) is 1. The molecule has 0 fully saturated rings. The molecule has 1 aromatic carbocycles. The van der Waals surface area contributed by atoms with Crippen LogP contribution in [0.3, 0.4) is 0 Å². The Morgan fingerprint density at radius 1 is 1.15 bits per heavy atom. The Hall–Kier alpha value is -2.35. The summed E-state index contributed by atoms with van der Waals surface area (Å²) in [7, 11) is 0. The first-order valence-corrected chi connectivity index (χ1v) is 7.01. The van der Waals surface area contributed by atoms with Crippen LogP contribution in [0.25, 0.3) is 16.5 Å². The van der Waals surface area contributed by atoms with E-state index >= 15 is 0 Å². The van der Waals surface area contributed by atoms with E-state index in [-0.39, 0.29) is 0 Å². The van der Waals surface area contributed by atoms with Gasteiger partial charge in [0.15, 0.2) is 0 Å². The summed E-state index contributed by atoms with van der Waals surface area (Å²) in [5, 5.41) is 1.29. The minimum atomic E-state index is 0.992. The van der Waals surface area contributed by atoms with E-state index in [0.717, 1.165) is 6.42 Å². The number of nitrogens with zero attached hydrogens (tertiary/aromatic N) is 1. The Balaban J connectivity index is 2.27. The van der Waals surface area contributed by atoms with Crippen LogP contribution in [-0.4, -0.2) is 9.97 Å². The third kappa shape index (κ3) is 2.03. The van der Waals surface area contributed by atoms with Crippen molar-refractivity contribution in [3.05, 3.63) is 71.7 Å². The number of fused-ring (bicyclic) bond motifs is 1. The van der Waals surface area contributed by atoms with Crippen molar-refractivity contribution in [1.29, 1.82) is 0 Å². The van der Waals surface area contributed by atoms with Crippen molar-refractivity contribution in [2.45, 2.75) is 20.3 Å². The molecule has 0 spiro atoms. The molecule has 0 aliphatic carbocycles. The molecule has 0 atom stereocenters. The largest absolute Gasteiger partial charge is 0.358 e. The van der Waals surface area contributed by atoms with Crippen molar-refractivity contribution < 1.29 is 0 Å². The molecule has 0 aliphatic heterocycles. The molecule has 100 valence electrons. The molecule has 0 saturated carbocycles. The van der Waals surface area contributed by atoms with E-state index in [1.807, 2.05) is 12.4 Å². The van der Waals surface area contributed by atoms with Gasteiger partial charge in [0.05, 0.1) is 0 Å². The van der Waals surface area contributed by atoms with Gasteiger partial charge in [0.2, 0.25) is 0 Å². The highest BCUT2D eigenvalue weighted by molar-refractivity contribution is 5.98. The van der Waals surface area contributed by atoms with E-state index in [0.29, 0.717) is 0 Å². The minimum absolute atomic E-state index is 0.992. The summed E-state index contributed by atoms with van der Waals surface area (Å²) in [6.45, 7) is 4.28. The lowest BCUT2D eigenvalue weighted by molar-refractivity contribution is 1.07. The van der Waals surface area contributed by atoms with Gasteiger partial charge in [-0.05, 0) is 42.7 Å². The monoisotopic (exact) mass is 262 g/mol. The normalized spacial score (nSPS) is 12.0. The van der Waals surface area contributed by atoms with E-state index in [4.69, 9.17) is 0 Å². The van der Waals surface area contributed by atoms with Crippen LogP contribution in [-0.2, 0) is 6.42 Å². The number of H-pyrrole nitrogens is 1. The summed E-state index contributed by atoms with van der Waals surface area (Å²) < 4.78 is 0. The number of allylic oxidation sites excluding steroid dienone is 1. The molecule has 2 heteroatoms. The molecule has 2 nitrogen and oxygen atoms in total. The lowest BCUT2D eigenvalue weighted by atomic mass is 9.95. The Morgan fingerprint density at radius 2 is 1.90 bits per heavy atom. The first-order valence-electron chi connectivity index (χ1n) is 7.01. The minimum Gasteiger partial charge on any atom is -0.358 e. The zero-order chi connectivity index (χ0) is 13.9. The highest BCUT2D eigenvalue weighted by Gasteiger charge is 2.14. The predicted molar refractivity (Wildman–Crippen MR) is 84.7 cm³/mol. The highest BCUT2D eigenvalue weighted by Crippen LogP contribution is 2.33. The van der Waals surface area contributed by atoms with Crippen LogP contribution < -0.4 is 0 Å². The fourth-order valence-corrected chi connectivity index (χ4v) is 2.76. The van der Waals surface area contributed by atoms with Crippen molar-refractivity contribution in [1.82, 2.24) is 9.97 Å². The van der Waals surface area contributed by atoms with E-state index in [9.17, 15) is 0 Å². The number of aromatic amines is 1. The van der Waals surface area contributed by atoms with Crippen molar-refractivity contribution in [2.75, 3.05) is 0 Å². The molecular weight excluding hydrogens is 244 g/mol. The van der Waals surface area contributed by atoms with E-state index in [1.54, 1.807) is 0 Å². The van der Waals surface area contributed by atoms with Crippen LogP contribution in [0.1, 0.15) is 30.7 Å². The number of nitrogens with one attached hydrogen (secondary N) is 1. The fourth-order valence-electron chi connectivity index (χ4n) is 2.76. The Kier molecular flexibility index (Phi) is 3.38. The van der Waals surface area contributed by atoms with Crippen LogP contribution in [0.2, 0.25) is 0 Å². The number of para-hydroxylation sites is 1. The number of aryl methyl sites for hydroxylation is 1. The lowest BCUT2D eigenvalue weighted by Gasteiger charge is -2.09. The van der Waals surface area contributed by atoms with Gasteiger partial charge in [-0.3, -0.25) is 4.98 Å². The molecule has 3 rings (SSSR count). The van der Waals surface area contributed by atoms with Crippen LogP contribution in [0.5, 0.6) is 0 Å². The molecule has 3 aromatic rings. The maximum absolute atomic E-state index is 4.11. The van der Waals surface area contributed by atoms with Gasteiger partial charge in [-0.1, -0.05) is 31.2 Å². The van der Waals surface area contributed by atoms with E-state index in [2.05, 4.69) is 66.3 Å². The smallest absolute Gasteiger partial charge is 0.0462 e. The summed E-state index contributed by atoms with van der Waals surface area (Å²) in [4.78, 5) is 7.66. The second-order valence-corrected chi connectivity index (χ2v) is 4.82. The number of aromatic nitrogens is 2. The number of rotatable bonds is 3. The van der Waals surface area contributed by atoms with Gasteiger partial charge in [0, 0.05) is 34.6 Å². The Morgan fingerprint density at radius 3 is 2.60 bits per heavy atom. The van der Waals surface area contributed by atoms with Crippen molar-refractivity contribution in [3.8, 4) is 0 Å². The van der Waals surface area contributed by atoms with Gasteiger partial charge in [0.25, 0.3) is 0 Å². The van der Waals surface area contributed by atoms with Gasteiger partial charge in [0.1, 0.15) is 0 Å². The van der Waals surface area contributed by atoms with Crippen LogP contribution >= 0.6 is 0 Å². The first kappa shape index (κ1) is 12.7. The standard InChI is InChI=1S/C18H18N2/c1-3-14(13-9-11-19-12-10-13)18-15-7-5-6-8-17(15)20-16(18)4-2/h3,5-12,20H,4H2,1-2H3/b14-3-. The molecule has 0 aliphatic rings. The third-order valence-corrected chi connectivity index (χ3v) is 3.69. The number of pyridine rings is 1. The molecule has 0 radical (unpaired) electrons. The topological polar surface area (TPSA) is 28.7 Å². The second kappa shape index (κ2) is 5.33. The summed E-state index contributed by atoms with van der Waals surface area (Å²) >= 11 is 0. The summed E-state index contributed by atoms with van der Waals surface area (Å²) in [5.74, 6) is 0. The summed E-state index contributed by atoms with van der Waals surface area (Å²) in [6.07, 6.45) is 6.87. The Labute approximate surface area is 119 Å². The van der Waals surface area contributed by atoms with Crippen molar-refractivity contribution >= 4 is 16.5 Å². The summed E-state index contributed by atoms with van der Waals surface area (Å²) in [6, 6.07) is 12.6. The average molecular weight is 262 g/mol. The highest BCUT2D eigenvalue weighted by atomic mass is 14.7. The van der Waals surface area contributed by atoms with Crippen molar-refractivity contribution in [3.63, 3.8) is 0 Å². The zero-order valence-corrected chi connectivity index (χ0v) is 11.9. The van der Waals surface area contributed by atoms with Gasteiger partial charge in [-0.15, -0.1) is 0 Å².